The third kappa shape index (κ3) is 5.54. The summed E-state index contributed by atoms with van der Waals surface area (Å²) < 4.78 is 27.1. The van der Waals surface area contributed by atoms with Crippen molar-refractivity contribution in [3.05, 3.63) is 76.9 Å². The van der Waals surface area contributed by atoms with E-state index in [1.807, 2.05) is 13.0 Å². The van der Waals surface area contributed by atoms with E-state index in [2.05, 4.69) is 16.1 Å². The fourth-order valence-corrected chi connectivity index (χ4v) is 2.15. The van der Waals surface area contributed by atoms with Gasteiger partial charge in [-0.25, -0.2) is 0 Å². The number of aromatic nitrogens is 3. The van der Waals surface area contributed by atoms with Crippen molar-refractivity contribution in [1.82, 2.24) is 14.8 Å². The van der Waals surface area contributed by atoms with E-state index < -0.39 is 17.7 Å². The summed E-state index contributed by atoms with van der Waals surface area (Å²) in [5.74, 6) is -1.28. The SMILES string of the molecule is Cc1cc(C)n(C([NH-])=O)n1.Cc1ccnc(-c2[c-]cc(F)cc2F)c1.[Ir]. The Morgan fingerprint density at radius 2 is 1.88 bits per heavy atom. The first-order chi connectivity index (χ1) is 11.8. The molecule has 8 heteroatoms. The second-order valence-electron chi connectivity index (χ2n) is 5.40. The molecular weight excluding hydrogens is 518 g/mol. The summed E-state index contributed by atoms with van der Waals surface area (Å²) in [6.45, 7) is 5.41. The van der Waals surface area contributed by atoms with Gasteiger partial charge in [-0.2, -0.15) is 0 Å². The average molecular weight is 535 g/mol. The fraction of sp³-hybridized carbons (Fsp3) is 0.167. The molecule has 0 unspecified atom stereocenters. The molecule has 0 saturated heterocycles. The Balaban J connectivity index is 0.000000270. The van der Waals surface area contributed by atoms with Crippen LogP contribution in [0.2, 0.25) is 0 Å². The Labute approximate surface area is 163 Å². The van der Waals surface area contributed by atoms with E-state index in [1.54, 1.807) is 32.2 Å². The molecule has 5 nitrogen and oxygen atoms in total. The molecule has 3 rings (SSSR count). The summed E-state index contributed by atoms with van der Waals surface area (Å²) in [7, 11) is 0. The molecule has 0 aliphatic carbocycles. The van der Waals surface area contributed by atoms with Crippen LogP contribution in [-0.4, -0.2) is 20.8 Å². The first-order valence-corrected chi connectivity index (χ1v) is 7.37. The Morgan fingerprint density at radius 3 is 2.35 bits per heavy atom. The third-order valence-electron chi connectivity index (χ3n) is 3.23. The summed E-state index contributed by atoms with van der Waals surface area (Å²) >= 11 is 0. The largest absolute Gasteiger partial charge is 0.446 e. The van der Waals surface area contributed by atoms with Gasteiger partial charge in [0.15, 0.2) is 6.03 Å². The number of benzene rings is 1. The minimum absolute atomic E-state index is 0. The summed E-state index contributed by atoms with van der Waals surface area (Å²) in [6.07, 6.45) is 1.58. The number of halogens is 2. The van der Waals surface area contributed by atoms with Gasteiger partial charge in [0.25, 0.3) is 0 Å². The predicted molar refractivity (Wildman–Crippen MR) is 90.0 cm³/mol. The molecule has 1 amide bonds. The number of hydrogen-bond donors (Lipinski definition) is 0. The standard InChI is InChI=1S/C12H8F2N.C6H9N3O.Ir/c1-8-4-5-15-12(6-8)10-3-2-9(13)7-11(10)14;1-4-3-5(2)9(8-4)6(7)10;/h2,4-7H,1H3;3H,1-2H3,(H2,7,10);/q-1;;/p-1. The first kappa shape index (κ1) is 21.6. The maximum atomic E-state index is 13.4. The number of nitrogens with one attached hydrogen (secondary N) is 1. The van der Waals surface area contributed by atoms with Crippen molar-refractivity contribution >= 4 is 6.03 Å². The molecule has 3 aromatic rings. The van der Waals surface area contributed by atoms with Crippen LogP contribution in [0.25, 0.3) is 17.0 Å². The molecule has 1 aromatic carbocycles. The van der Waals surface area contributed by atoms with Crippen LogP contribution < -0.4 is 0 Å². The van der Waals surface area contributed by atoms with Crippen molar-refractivity contribution in [3.63, 3.8) is 0 Å². The van der Waals surface area contributed by atoms with Crippen LogP contribution in [-0.2, 0) is 20.1 Å². The molecule has 1 radical (unpaired) electrons. The zero-order chi connectivity index (χ0) is 18.6. The molecule has 139 valence electrons. The number of aryl methyl sites for hydroxylation is 3. The van der Waals surface area contributed by atoms with E-state index in [1.165, 1.54) is 0 Å². The minimum atomic E-state index is -0.786. The number of nitrogens with zero attached hydrogens (tertiary/aromatic N) is 3. The summed E-state index contributed by atoms with van der Waals surface area (Å²) in [4.78, 5) is 14.5. The van der Waals surface area contributed by atoms with Gasteiger partial charge >= 0.3 is 0 Å². The van der Waals surface area contributed by atoms with Crippen LogP contribution in [0.1, 0.15) is 17.0 Å². The quantitative estimate of drug-likeness (QED) is 0.427. The normalized spacial score (nSPS) is 9.73. The summed E-state index contributed by atoms with van der Waals surface area (Å²) in [5.41, 5.74) is 9.83. The van der Waals surface area contributed by atoms with Crippen LogP contribution in [0.3, 0.4) is 0 Å². The number of amides is 1. The zero-order valence-electron chi connectivity index (χ0n) is 14.3. The summed E-state index contributed by atoms with van der Waals surface area (Å²) in [6, 6.07) is 8.97. The molecule has 0 atom stereocenters. The fourth-order valence-electron chi connectivity index (χ4n) is 2.15. The molecular formula is C18H16F2IrN4O-2. The Kier molecular flexibility index (Phi) is 7.74. The zero-order valence-corrected chi connectivity index (χ0v) is 16.7. The molecule has 2 heterocycles. The van der Waals surface area contributed by atoms with Crippen LogP contribution in [0.5, 0.6) is 0 Å². The predicted octanol–water partition coefficient (Wildman–Crippen LogP) is 4.65. The van der Waals surface area contributed by atoms with E-state index in [9.17, 15) is 13.6 Å². The Morgan fingerprint density at radius 1 is 1.19 bits per heavy atom. The number of pyridine rings is 1. The maximum absolute atomic E-state index is 13.4. The van der Waals surface area contributed by atoms with Crippen molar-refractivity contribution in [2.45, 2.75) is 20.8 Å². The second kappa shape index (κ2) is 9.31. The van der Waals surface area contributed by atoms with Gasteiger partial charge in [0.2, 0.25) is 0 Å². The monoisotopic (exact) mass is 535 g/mol. The molecule has 0 saturated carbocycles. The Hall–Kier alpha value is -2.44. The van der Waals surface area contributed by atoms with E-state index >= 15 is 0 Å². The topological polar surface area (TPSA) is 71.6 Å². The first-order valence-electron chi connectivity index (χ1n) is 7.37. The van der Waals surface area contributed by atoms with Gasteiger partial charge in [-0.1, -0.05) is 23.3 Å². The van der Waals surface area contributed by atoms with Crippen LogP contribution in [0.4, 0.5) is 13.6 Å². The maximum Gasteiger partial charge on any atom is 0.172 e. The number of hydrogen-bond acceptors (Lipinski definition) is 3. The second-order valence-corrected chi connectivity index (χ2v) is 5.40. The van der Waals surface area contributed by atoms with Gasteiger partial charge in [-0.3, -0.25) is 18.7 Å². The molecule has 0 fully saturated rings. The average Bonchev–Trinajstić information content (AvgIpc) is 2.87. The Bertz CT molecular complexity index is 912. The number of carbonyl (C=O) groups is 1. The molecule has 2 aromatic heterocycles. The van der Waals surface area contributed by atoms with E-state index in [4.69, 9.17) is 5.73 Å². The van der Waals surface area contributed by atoms with Crippen molar-refractivity contribution < 1.29 is 33.7 Å². The van der Waals surface area contributed by atoms with Gasteiger partial charge < -0.3 is 15.4 Å². The molecule has 0 aliphatic heterocycles. The van der Waals surface area contributed by atoms with Gasteiger partial charge in [0, 0.05) is 43.6 Å². The van der Waals surface area contributed by atoms with Crippen molar-refractivity contribution in [3.8, 4) is 11.3 Å². The van der Waals surface area contributed by atoms with Crippen LogP contribution in [0.15, 0.2) is 36.5 Å². The molecule has 26 heavy (non-hydrogen) atoms. The minimum Gasteiger partial charge on any atom is -0.446 e. The molecule has 0 spiro atoms. The smallest absolute Gasteiger partial charge is 0.172 e. The summed E-state index contributed by atoms with van der Waals surface area (Å²) in [5, 5.41) is 3.79. The van der Waals surface area contributed by atoms with Crippen molar-refractivity contribution in [1.29, 1.82) is 0 Å². The van der Waals surface area contributed by atoms with E-state index in [0.717, 1.165) is 28.1 Å². The van der Waals surface area contributed by atoms with Gasteiger partial charge in [-0.05, 0) is 44.3 Å². The van der Waals surface area contributed by atoms with Crippen LogP contribution in [0, 0.1) is 38.5 Å². The van der Waals surface area contributed by atoms with Crippen molar-refractivity contribution in [2.24, 2.45) is 0 Å². The van der Waals surface area contributed by atoms with Gasteiger partial charge in [-0.15, -0.1) is 12.1 Å². The number of rotatable bonds is 1. The van der Waals surface area contributed by atoms with Gasteiger partial charge in [0.05, 0.1) is 0 Å². The third-order valence-corrected chi connectivity index (χ3v) is 3.23. The van der Waals surface area contributed by atoms with Gasteiger partial charge in [0.1, 0.15) is 0 Å². The van der Waals surface area contributed by atoms with E-state index in [0.29, 0.717) is 11.4 Å². The van der Waals surface area contributed by atoms with Crippen molar-refractivity contribution in [2.75, 3.05) is 0 Å². The molecule has 1 N–H and O–H groups in total. The number of carbonyl (C=O) groups excluding carboxylic acids is 1. The van der Waals surface area contributed by atoms with E-state index in [-0.39, 0.29) is 25.7 Å². The molecule has 0 aliphatic rings. The molecule has 0 bridgehead atoms. The van der Waals surface area contributed by atoms with Crippen LogP contribution >= 0.6 is 0 Å².